The molecule has 0 aliphatic carbocycles. The predicted octanol–water partition coefficient (Wildman–Crippen LogP) is 4.57. The van der Waals surface area contributed by atoms with Crippen molar-refractivity contribution in [3.8, 4) is 0 Å². The van der Waals surface area contributed by atoms with Gasteiger partial charge in [-0.2, -0.15) is 0 Å². The maximum Gasteiger partial charge on any atom is 0.335 e. The quantitative estimate of drug-likeness (QED) is 0.750. The van der Waals surface area contributed by atoms with Crippen molar-refractivity contribution in [3.05, 3.63) is 107 Å². The minimum absolute atomic E-state index is 0.391. The SMILES string of the molecule is O=C(O)c1cccc(Cc2ccccc2)c1Cc1ccccc1. The van der Waals surface area contributed by atoms with Gasteiger partial charge in [-0.1, -0.05) is 72.8 Å². The summed E-state index contributed by atoms with van der Waals surface area (Å²) in [7, 11) is 0. The second-order valence-electron chi connectivity index (χ2n) is 5.57. The fourth-order valence-electron chi connectivity index (χ4n) is 2.83. The van der Waals surface area contributed by atoms with Gasteiger partial charge in [0, 0.05) is 0 Å². The van der Waals surface area contributed by atoms with Crippen molar-refractivity contribution in [1.82, 2.24) is 0 Å². The molecule has 0 unspecified atom stereocenters. The molecule has 0 fully saturated rings. The van der Waals surface area contributed by atoms with E-state index in [9.17, 15) is 9.90 Å². The molecule has 114 valence electrons. The van der Waals surface area contributed by atoms with E-state index >= 15 is 0 Å². The Kier molecular flexibility index (Phi) is 4.53. The Morgan fingerprint density at radius 3 is 1.83 bits per heavy atom. The van der Waals surface area contributed by atoms with Crippen molar-refractivity contribution < 1.29 is 9.90 Å². The average molecular weight is 302 g/mol. The first kappa shape index (κ1) is 15.0. The van der Waals surface area contributed by atoms with Crippen molar-refractivity contribution in [1.29, 1.82) is 0 Å². The first-order valence-electron chi connectivity index (χ1n) is 7.66. The highest BCUT2D eigenvalue weighted by atomic mass is 16.4. The van der Waals surface area contributed by atoms with E-state index in [0.717, 1.165) is 23.1 Å². The second-order valence-corrected chi connectivity index (χ2v) is 5.57. The number of hydrogen-bond acceptors (Lipinski definition) is 1. The van der Waals surface area contributed by atoms with Gasteiger partial charge in [0.05, 0.1) is 5.56 Å². The fraction of sp³-hybridized carbons (Fsp3) is 0.0952. The maximum atomic E-state index is 11.6. The highest BCUT2D eigenvalue weighted by Crippen LogP contribution is 2.22. The van der Waals surface area contributed by atoms with Crippen molar-refractivity contribution in [3.63, 3.8) is 0 Å². The number of benzene rings is 3. The van der Waals surface area contributed by atoms with E-state index in [1.54, 1.807) is 6.07 Å². The van der Waals surface area contributed by atoms with Crippen molar-refractivity contribution in [2.24, 2.45) is 0 Å². The molecule has 3 aromatic carbocycles. The predicted molar refractivity (Wildman–Crippen MR) is 91.9 cm³/mol. The standard InChI is InChI=1S/C21H18O2/c22-21(23)19-13-7-12-18(14-16-8-3-1-4-9-16)20(19)15-17-10-5-2-6-11-17/h1-13H,14-15H2,(H,22,23). The van der Waals surface area contributed by atoms with Crippen molar-refractivity contribution >= 4 is 5.97 Å². The summed E-state index contributed by atoms with van der Waals surface area (Å²) in [5, 5.41) is 9.53. The van der Waals surface area contributed by atoms with Gasteiger partial charge < -0.3 is 5.11 Å². The highest BCUT2D eigenvalue weighted by molar-refractivity contribution is 5.90. The number of rotatable bonds is 5. The zero-order valence-corrected chi connectivity index (χ0v) is 12.8. The molecule has 0 radical (unpaired) electrons. The fourth-order valence-corrected chi connectivity index (χ4v) is 2.83. The van der Waals surface area contributed by atoms with Gasteiger partial charge in [0.1, 0.15) is 0 Å². The van der Waals surface area contributed by atoms with E-state index in [1.165, 1.54) is 5.56 Å². The molecule has 3 aromatic rings. The van der Waals surface area contributed by atoms with Gasteiger partial charge in [-0.25, -0.2) is 4.79 Å². The summed E-state index contributed by atoms with van der Waals surface area (Å²) in [5.74, 6) is -0.870. The summed E-state index contributed by atoms with van der Waals surface area (Å²) in [6.07, 6.45) is 1.37. The molecule has 0 atom stereocenters. The van der Waals surface area contributed by atoms with Crippen LogP contribution < -0.4 is 0 Å². The number of carboxylic acids is 1. The molecular formula is C21H18O2. The third-order valence-corrected chi connectivity index (χ3v) is 3.96. The zero-order valence-electron chi connectivity index (χ0n) is 12.8. The van der Waals surface area contributed by atoms with E-state index in [4.69, 9.17) is 0 Å². The summed E-state index contributed by atoms with van der Waals surface area (Å²) in [6, 6.07) is 25.7. The number of carbonyl (C=O) groups is 1. The molecule has 0 aromatic heterocycles. The molecule has 1 N–H and O–H groups in total. The lowest BCUT2D eigenvalue weighted by molar-refractivity contribution is 0.0695. The van der Waals surface area contributed by atoms with Gasteiger partial charge in [0.25, 0.3) is 0 Å². The molecule has 0 bridgehead atoms. The molecule has 0 aliphatic heterocycles. The first-order chi connectivity index (χ1) is 11.2. The Balaban J connectivity index is 2.01. The molecule has 0 amide bonds. The molecular weight excluding hydrogens is 284 g/mol. The zero-order chi connectivity index (χ0) is 16.1. The van der Waals surface area contributed by atoms with Gasteiger partial charge in [-0.3, -0.25) is 0 Å². The summed E-state index contributed by atoms with van der Waals surface area (Å²) in [4.78, 5) is 11.6. The summed E-state index contributed by atoms with van der Waals surface area (Å²) in [6.45, 7) is 0. The summed E-state index contributed by atoms with van der Waals surface area (Å²) < 4.78 is 0. The Bertz CT molecular complexity index is 793. The van der Waals surface area contributed by atoms with Crippen LogP contribution in [-0.2, 0) is 12.8 Å². The lowest BCUT2D eigenvalue weighted by Crippen LogP contribution is -2.07. The lowest BCUT2D eigenvalue weighted by atomic mass is 9.91. The number of hydrogen-bond donors (Lipinski definition) is 1. The van der Waals surface area contributed by atoms with Gasteiger partial charge in [-0.05, 0) is 41.2 Å². The van der Waals surface area contributed by atoms with Crippen LogP contribution in [0.25, 0.3) is 0 Å². The molecule has 0 saturated heterocycles. The Morgan fingerprint density at radius 2 is 1.26 bits per heavy atom. The van der Waals surface area contributed by atoms with Crippen molar-refractivity contribution in [2.45, 2.75) is 12.8 Å². The average Bonchev–Trinajstić information content (AvgIpc) is 2.58. The van der Waals surface area contributed by atoms with Crippen molar-refractivity contribution in [2.75, 3.05) is 0 Å². The van der Waals surface area contributed by atoms with Crippen LogP contribution in [0.1, 0.15) is 32.6 Å². The Labute approximate surface area is 136 Å². The monoisotopic (exact) mass is 302 g/mol. The highest BCUT2D eigenvalue weighted by Gasteiger charge is 2.14. The maximum absolute atomic E-state index is 11.6. The van der Waals surface area contributed by atoms with E-state index in [0.29, 0.717) is 12.0 Å². The van der Waals surface area contributed by atoms with Crippen LogP contribution >= 0.6 is 0 Å². The third-order valence-electron chi connectivity index (χ3n) is 3.96. The molecule has 2 heteroatoms. The normalized spacial score (nSPS) is 10.4. The van der Waals surface area contributed by atoms with Gasteiger partial charge in [-0.15, -0.1) is 0 Å². The minimum atomic E-state index is -0.870. The Hall–Kier alpha value is -2.87. The van der Waals surface area contributed by atoms with Crippen LogP contribution in [0.3, 0.4) is 0 Å². The molecule has 0 aliphatic rings. The smallest absolute Gasteiger partial charge is 0.335 e. The van der Waals surface area contributed by atoms with E-state index < -0.39 is 5.97 Å². The van der Waals surface area contributed by atoms with Gasteiger partial charge >= 0.3 is 5.97 Å². The van der Waals surface area contributed by atoms with Crippen LogP contribution in [0, 0.1) is 0 Å². The van der Waals surface area contributed by atoms with Gasteiger partial charge in [0.2, 0.25) is 0 Å². The van der Waals surface area contributed by atoms with Crippen LogP contribution in [0.2, 0.25) is 0 Å². The van der Waals surface area contributed by atoms with Crippen LogP contribution in [0.15, 0.2) is 78.9 Å². The Morgan fingerprint density at radius 1 is 0.696 bits per heavy atom. The molecule has 0 saturated carbocycles. The van der Waals surface area contributed by atoms with Crippen LogP contribution in [0.5, 0.6) is 0 Å². The second kappa shape index (κ2) is 6.93. The summed E-state index contributed by atoms with van der Waals surface area (Å²) in [5.41, 5.74) is 4.66. The van der Waals surface area contributed by atoms with E-state index in [1.807, 2.05) is 60.7 Å². The minimum Gasteiger partial charge on any atom is -0.478 e. The first-order valence-corrected chi connectivity index (χ1v) is 7.66. The number of carboxylic acid groups (broad SMARTS) is 1. The topological polar surface area (TPSA) is 37.3 Å². The third kappa shape index (κ3) is 3.67. The van der Waals surface area contributed by atoms with Gasteiger partial charge in [0.15, 0.2) is 0 Å². The van der Waals surface area contributed by atoms with Crippen LogP contribution in [0.4, 0.5) is 0 Å². The number of aromatic carboxylic acids is 1. The summed E-state index contributed by atoms with van der Waals surface area (Å²) >= 11 is 0. The molecule has 3 rings (SSSR count). The molecule has 0 heterocycles. The molecule has 23 heavy (non-hydrogen) atoms. The van der Waals surface area contributed by atoms with Crippen LogP contribution in [-0.4, -0.2) is 11.1 Å². The molecule has 0 spiro atoms. The van der Waals surface area contributed by atoms with E-state index in [-0.39, 0.29) is 0 Å². The lowest BCUT2D eigenvalue weighted by Gasteiger charge is -2.13. The largest absolute Gasteiger partial charge is 0.478 e. The van der Waals surface area contributed by atoms with E-state index in [2.05, 4.69) is 12.1 Å². The molecule has 2 nitrogen and oxygen atoms in total.